The second-order valence-electron chi connectivity index (χ2n) is 4.02. The zero-order valence-electron chi connectivity index (χ0n) is 10.3. The molecule has 0 saturated carbocycles. The van der Waals surface area contributed by atoms with E-state index >= 15 is 0 Å². The molecule has 98 valence electrons. The van der Waals surface area contributed by atoms with Gasteiger partial charge in [-0.2, -0.15) is 0 Å². The molecule has 2 aromatic rings. The smallest absolute Gasteiger partial charge is 0.199 e. The number of hydrogen-bond acceptors (Lipinski definition) is 3. The lowest BCUT2D eigenvalue weighted by Gasteiger charge is -2.13. The number of benzene rings is 2. The van der Waals surface area contributed by atoms with E-state index in [1.165, 1.54) is 7.11 Å². The topological polar surface area (TPSA) is 46.5 Å². The molecular formula is C15H13BrO3. The first kappa shape index (κ1) is 13.8. The van der Waals surface area contributed by atoms with E-state index in [9.17, 15) is 9.90 Å². The van der Waals surface area contributed by atoms with Crippen molar-refractivity contribution in [1.82, 2.24) is 0 Å². The minimum Gasteiger partial charge on any atom is -0.496 e. The standard InChI is InChI=1S/C15H13BrO3/c1-19-13-9-11(16)7-8-12(13)15(18)14(17)10-5-3-2-4-6-10/h2-9,14,17H,1H3. The Hall–Kier alpha value is -1.65. The highest BCUT2D eigenvalue weighted by Gasteiger charge is 2.22. The number of carbonyl (C=O) groups is 1. The third-order valence-corrected chi connectivity index (χ3v) is 3.29. The maximum Gasteiger partial charge on any atom is 0.199 e. The highest BCUT2D eigenvalue weighted by atomic mass is 79.9. The van der Waals surface area contributed by atoms with Crippen molar-refractivity contribution < 1.29 is 14.6 Å². The number of methoxy groups -OCH3 is 1. The lowest BCUT2D eigenvalue weighted by Crippen LogP contribution is -2.13. The van der Waals surface area contributed by atoms with Crippen LogP contribution in [0.5, 0.6) is 5.75 Å². The number of aliphatic hydroxyl groups is 1. The van der Waals surface area contributed by atoms with Crippen LogP contribution in [0.25, 0.3) is 0 Å². The normalized spacial score (nSPS) is 11.9. The first-order valence-corrected chi connectivity index (χ1v) is 6.53. The lowest BCUT2D eigenvalue weighted by atomic mass is 9.99. The molecule has 0 radical (unpaired) electrons. The van der Waals surface area contributed by atoms with Gasteiger partial charge in [0.05, 0.1) is 12.7 Å². The van der Waals surface area contributed by atoms with Gasteiger partial charge in [-0.25, -0.2) is 0 Å². The third-order valence-electron chi connectivity index (χ3n) is 2.79. The summed E-state index contributed by atoms with van der Waals surface area (Å²) in [5.41, 5.74) is 0.930. The molecule has 1 N–H and O–H groups in total. The number of halogens is 1. The Morgan fingerprint density at radius 1 is 1.21 bits per heavy atom. The van der Waals surface area contributed by atoms with Crippen LogP contribution in [0.15, 0.2) is 53.0 Å². The summed E-state index contributed by atoms with van der Waals surface area (Å²) in [7, 11) is 1.49. The average Bonchev–Trinajstić information content (AvgIpc) is 2.46. The van der Waals surface area contributed by atoms with Gasteiger partial charge < -0.3 is 9.84 Å². The number of Topliss-reactive ketones (excluding diaryl/α,β-unsaturated/α-hetero) is 1. The molecule has 3 nitrogen and oxygen atoms in total. The van der Waals surface area contributed by atoms with E-state index in [0.29, 0.717) is 16.9 Å². The van der Waals surface area contributed by atoms with Crippen molar-refractivity contribution in [3.05, 3.63) is 64.1 Å². The molecule has 0 saturated heterocycles. The van der Waals surface area contributed by atoms with Gasteiger partial charge in [0, 0.05) is 4.47 Å². The molecule has 1 unspecified atom stereocenters. The van der Waals surface area contributed by atoms with Gasteiger partial charge >= 0.3 is 0 Å². The van der Waals surface area contributed by atoms with E-state index in [1.54, 1.807) is 42.5 Å². The quantitative estimate of drug-likeness (QED) is 0.878. The number of aliphatic hydroxyl groups excluding tert-OH is 1. The largest absolute Gasteiger partial charge is 0.496 e. The van der Waals surface area contributed by atoms with E-state index < -0.39 is 6.10 Å². The number of rotatable bonds is 4. The van der Waals surface area contributed by atoms with Gasteiger partial charge in [-0.05, 0) is 23.8 Å². The predicted molar refractivity (Wildman–Crippen MR) is 76.4 cm³/mol. The van der Waals surface area contributed by atoms with Crippen molar-refractivity contribution in [3.63, 3.8) is 0 Å². The third kappa shape index (κ3) is 3.03. The Morgan fingerprint density at radius 2 is 1.89 bits per heavy atom. The number of ether oxygens (including phenoxy) is 1. The fourth-order valence-corrected chi connectivity index (χ4v) is 2.14. The summed E-state index contributed by atoms with van der Waals surface area (Å²) in [6, 6.07) is 13.9. The number of carbonyl (C=O) groups excluding carboxylic acids is 1. The summed E-state index contributed by atoms with van der Waals surface area (Å²) in [5.74, 6) is 0.0601. The SMILES string of the molecule is COc1cc(Br)ccc1C(=O)C(O)c1ccccc1. The Morgan fingerprint density at radius 3 is 2.53 bits per heavy atom. The van der Waals surface area contributed by atoms with Crippen LogP contribution < -0.4 is 4.74 Å². The molecule has 0 fully saturated rings. The Balaban J connectivity index is 2.34. The molecule has 0 bridgehead atoms. The summed E-state index contributed by atoms with van der Waals surface area (Å²) in [5, 5.41) is 10.1. The monoisotopic (exact) mass is 320 g/mol. The van der Waals surface area contributed by atoms with Crippen LogP contribution in [-0.2, 0) is 0 Å². The minimum absolute atomic E-state index is 0.363. The van der Waals surface area contributed by atoms with Gasteiger partial charge in [0.15, 0.2) is 5.78 Å². The molecule has 19 heavy (non-hydrogen) atoms. The summed E-state index contributed by atoms with van der Waals surface area (Å²) < 4.78 is 5.99. The highest BCUT2D eigenvalue weighted by Crippen LogP contribution is 2.28. The van der Waals surface area contributed by atoms with Crippen molar-refractivity contribution in [2.45, 2.75) is 6.10 Å². The molecule has 0 heterocycles. The van der Waals surface area contributed by atoms with Crippen LogP contribution in [0.1, 0.15) is 22.0 Å². The van der Waals surface area contributed by atoms with Crippen LogP contribution in [0.4, 0.5) is 0 Å². The van der Waals surface area contributed by atoms with Crippen LogP contribution in [0, 0.1) is 0 Å². The Labute approximate surface area is 120 Å². The number of hydrogen-bond donors (Lipinski definition) is 1. The van der Waals surface area contributed by atoms with Crippen molar-refractivity contribution in [2.75, 3.05) is 7.11 Å². The average molecular weight is 321 g/mol. The van der Waals surface area contributed by atoms with Crippen molar-refractivity contribution in [1.29, 1.82) is 0 Å². The second kappa shape index (κ2) is 5.99. The van der Waals surface area contributed by atoms with Crippen LogP contribution in [0.2, 0.25) is 0 Å². The lowest BCUT2D eigenvalue weighted by molar-refractivity contribution is 0.0744. The zero-order chi connectivity index (χ0) is 13.8. The molecular weight excluding hydrogens is 308 g/mol. The zero-order valence-corrected chi connectivity index (χ0v) is 11.9. The van der Waals surface area contributed by atoms with Gasteiger partial charge in [-0.1, -0.05) is 46.3 Å². The van der Waals surface area contributed by atoms with E-state index in [2.05, 4.69) is 15.9 Å². The maximum atomic E-state index is 12.3. The molecule has 2 aromatic carbocycles. The first-order chi connectivity index (χ1) is 9.13. The van der Waals surface area contributed by atoms with Gasteiger partial charge in [-0.3, -0.25) is 4.79 Å². The molecule has 0 aliphatic heterocycles. The summed E-state index contributed by atoms with van der Waals surface area (Å²) in [6.07, 6.45) is -1.18. The van der Waals surface area contributed by atoms with E-state index in [0.717, 1.165) is 4.47 Å². The summed E-state index contributed by atoms with van der Waals surface area (Å²) >= 11 is 3.31. The van der Waals surface area contributed by atoms with Crippen LogP contribution in [0.3, 0.4) is 0 Å². The predicted octanol–water partition coefficient (Wildman–Crippen LogP) is 3.37. The van der Waals surface area contributed by atoms with Crippen molar-refractivity contribution in [3.8, 4) is 5.75 Å². The Kier molecular flexibility index (Phi) is 4.35. The van der Waals surface area contributed by atoms with Crippen molar-refractivity contribution in [2.24, 2.45) is 0 Å². The number of ketones is 1. The second-order valence-corrected chi connectivity index (χ2v) is 4.94. The maximum absolute atomic E-state index is 12.3. The van der Waals surface area contributed by atoms with Crippen LogP contribution in [-0.4, -0.2) is 18.0 Å². The molecule has 0 amide bonds. The van der Waals surface area contributed by atoms with Gasteiger partial charge in [-0.15, -0.1) is 0 Å². The molecule has 4 heteroatoms. The van der Waals surface area contributed by atoms with Gasteiger partial charge in [0.25, 0.3) is 0 Å². The Bertz CT molecular complexity index is 581. The van der Waals surface area contributed by atoms with E-state index in [-0.39, 0.29) is 5.78 Å². The summed E-state index contributed by atoms with van der Waals surface area (Å²) in [4.78, 5) is 12.3. The molecule has 0 spiro atoms. The first-order valence-electron chi connectivity index (χ1n) is 5.74. The van der Waals surface area contributed by atoms with Gasteiger partial charge in [0.1, 0.15) is 11.9 Å². The molecule has 1 atom stereocenters. The van der Waals surface area contributed by atoms with Crippen molar-refractivity contribution >= 4 is 21.7 Å². The summed E-state index contributed by atoms with van der Waals surface area (Å²) in [6.45, 7) is 0. The molecule has 0 aliphatic carbocycles. The fourth-order valence-electron chi connectivity index (χ4n) is 1.80. The highest BCUT2D eigenvalue weighted by molar-refractivity contribution is 9.10. The molecule has 2 rings (SSSR count). The molecule has 0 aliphatic rings. The van der Waals surface area contributed by atoms with Gasteiger partial charge in [0.2, 0.25) is 0 Å². The minimum atomic E-state index is -1.18. The van der Waals surface area contributed by atoms with Crippen LogP contribution >= 0.6 is 15.9 Å². The fraction of sp³-hybridized carbons (Fsp3) is 0.133. The van der Waals surface area contributed by atoms with E-state index in [4.69, 9.17) is 4.74 Å². The van der Waals surface area contributed by atoms with E-state index in [1.807, 2.05) is 6.07 Å². The molecule has 0 aromatic heterocycles.